The van der Waals surface area contributed by atoms with E-state index in [0.29, 0.717) is 6.42 Å². The zero-order valence-corrected chi connectivity index (χ0v) is 14.1. The van der Waals surface area contributed by atoms with Gasteiger partial charge in [-0.1, -0.05) is 22.0 Å². The van der Waals surface area contributed by atoms with E-state index in [2.05, 4.69) is 38.5 Å². The first-order chi connectivity index (χ1) is 8.97. The molecule has 0 spiro atoms. The molecule has 0 bridgehead atoms. The van der Waals surface area contributed by atoms with Gasteiger partial charge >= 0.3 is 0 Å². The van der Waals surface area contributed by atoms with Crippen molar-refractivity contribution in [3.63, 3.8) is 0 Å². The van der Waals surface area contributed by atoms with Crippen LogP contribution in [0.1, 0.15) is 22.8 Å². The number of halogens is 3. The van der Waals surface area contributed by atoms with E-state index in [0.717, 1.165) is 24.7 Å². The third-order valence-electron chi connectivity index (χ3n) is 3.04. The fourth-order valence-corrected chi connectivity index (χ4v) is 2.97. The zero-order chi connectivity index (χ0) is 14.0. The summed E-state index contributed by atoms with van der Waals surface area (Å²) >= 11 is 5.65. The average Bonchev–Trinajstić information content (AvgIpc) is 2.36. The molecular formula is C15H13BrFIO. The molecule has 1 unspecified atom stereocenters. The van der Waals surface area contributed by atoms with Crippen LogP contribution in [-0.4, -0.2) is 5.11 Å². The average molecular weight is 435 g/mol. The summed E-state index contributed by atoms with van der Waals surface area (Å²) in [6.45, 7) is 1.92. The first-order valence-corrected chi connectivity index (χ1v) is 7.72. The second kappa shape index (κ2) is 6.33. The van der Waals surface area contributed by atoms with E-state index >= 15 is 0 Å². The Labute approximate surface area is 134 Å². The number of benzene rings is 2. The molecule has 0 saturated heterocycles. The minimum absolute atomic E-state index is 0.269. The molecule has 100 valence electrons. The molecule has 2 aromatic rings. The Hall–Kier alpha value is -0.460. The lowest BCUT2D eigenvalue weighted by molar-refractivity contribution is 0.177. The van der Waals surface area contributed by atoms with Crippen LogP contribution in [0.4, 0.5) is 4.39 Å². The van der Waals surface area contributed by atoms with Crippen molar-refractivity contribution in [2.24, 2.45) is 0 Å². The lowest BCUT2D eigenvalue weighted by Crippen LogP contribution is -2.05. The van der Waals surface area contributed by atoms with Gasteiger partial charge in [0.1, 0.15) is 5.82 Å². The number of aliphatic hydroxyl groups is 1. The van der Waals surface area contributed by atoms with Gasteiger partial charge in [0, 0.05) is 14.5 Å². The summed E-state index contributed by atoms with van der Waals surface area (Å²) in [5.74, 6) is -0.269. The Morgan fingerprint density at radius 1 is 1.26 bits per heavy atom. The number of rotatable bonds is 3. The van der Waals surface area contributed by atoms with Gasteiger partial charge in [-0.15, -0.1) is 0 Å². The lowest BCUT2D eigenvalue weighted by atomic mass is 9.98. The Morgan fingerprint density at radius 2 is 2.00 bits per heavy atom. The molecule has 0 aliphatic carbocycles. The quantitative estimate of drug-likeness (QED) is 0.689. The first kappa shape index (κ1) is 14.9. The summed E-state index contributed by atoms with van der Waals surface area (Å²) in [4.78, 5) is 0. The van der Waals surface area contributed by atoms with Gasteiger partial charge in [0.25, 0.3) is 0 Å². The van der Waals surface area contributed by atoms with Gasteiger partial charge in [0.05, 0.1) is 6.10 Å². The highest BCUT2D eigenvalue weighted by atomic mass is 127. The largest absolute Gasteiger partial charge is 0.388 e. The van der Waals surface area contributed by atoms with Crippen LogP contribution in [0.25, 0.3) is 0 Å². The van der Waals surface area contributed by atoms with Crippen molar-refractivity contribution < 1.29 is 9.50 Å². The van der Waals surface area contributed by atoms with Crippen molar-refractivity contribution in [3.8, 4) is 0 Å². The number of hydrogen-bond donors (Lipinski definition) is 1. The van der Waals surface area contributed by atoms with Gasteiger partial charge < -0.3 is 5.11 Å². The molecule has 0 heterocycles. The van der Waals surface area contributed by atoms with Gasteiger partial charge in [-0.05, 0) is 76.5 Å². The van der Waals surface area contributed by atoms with Gasteiger partial charge in [-0.2, -0.15) is 0 Å². The first-order valence-electron chi connectivity index (χ1n) is 5.85. The van der Waals surface area contributed by atoms with Crippen molar-refractivity contribution >= 4 is 38.5 Å². The summed E-state index contributed by atoms with van der Waals surface area (Å²) < 4.78 is 15.2. The van der Waals surface area contributed by atoms with E-state index in [1.54, 1.807) is 6.07 Å². The molecule has 4 heteroatoms. The molecule has 1 atom stereocenters. The van der Waals surface area contributed by atoms with Crippen LogP contribution < -0.4 is 0 Å². The topological polar surface area (TPSA) is 20.2 Å². The molecule has 0 radical (unpaired) electrons. The highest BCUT2D eigenvalue weighted by molar-refractivity contribution is 14.1. The van der Waals surface area contributed by atoms with Crippen molar-refractivity contribution in [1.82, 2.24) is 0 Å². The molecule has 1 N–H and O–H groups in total. The molecular weight excluding hydrogens is 422 g/mol. The van der Waals surface area contributed by atoms with E-state index < -0.39 is 6.10 Å². The Balaban J connectivity index is 2.27. The highest BCUT2D eigenvalue weighted by Gasteiger charge is 2.14. The van der Waals surface area contributed by atoms with Crippen LogP contribution >= 0.6 is 38.5 Å². The molecule has 0 aromatic heterocycles. The monoisotopic (exact) mass is 434 g/mol. The van der Waals surface area contributed by atoms with Crippen LogP contribution in [0.15, 0.2) is 40.9 Å². The number of aryl methyl sites for hydroxylation is 1. The van der Waals surface area contributed by atoms with Crippen LogP contribution in [0.3, 0.4) is 0 Å². The van der Waals surface area contributed by atoms with E-state index in [9.17, 15) is 9.50 Å². The van der Waals surface area contributed by atoms with Gasteiger partial charge in [-0.25, -0.2) is 4.39 Å². The second-order valence-electron chi connectivity index (χ2n) is 4.46. The summed E-state index contributed by atoms with van der Waals surface area (Å²) in [5, 5.41) is 10.3. The number of aliphatic hydroxyl groups excluding tert-OH is 1. The predicted octanol–water partition coefficient (Wildman–Crippen LogP) is 4.78. The Kier molecular flexibility index (Phi) is 4.97. The minimum atomic E-state index is -0.649. The summed E-state index contributed by atoms with van der Waals surface area (Å²) in [6.07, 6.45) is -0.243. The lowest BCUT2D eigenvalue weighted by Gasteiger charge is -2.15. The van der Waals surface area contributed by atoms with Crippen molar-refractivity contribution in [2.45, 2.75) is 19.4 Å². The fraction of sp³-hybridized carbons (Fsp3) is 0.200. The molecule has 0 fully saturated rings. The maximum atomic E-state index is 13.3. The molecule has 2 rings (SSSR count). The molecule has 0 amide bonds. The van der Waals surface area contributed by atoms with Crippen LogP contribution in [0.2, 0.25) is 0 Å². The Bertz CT molecular complexity index is 601. The fourth-order valence-electron chi connectivity index (χ4n) is 1.95. The number of hydrogen-bond acceptors (Lipinski definition) is 1. The molecule has 0 aliphatic rings. The maximum Gasteiger partial charge on any atom is 0.123 e. The smallest absolute Gasteiger partial charge is 0.123 e. The van der Waals surface area contributed by atoms with E-state index in [1.165, 1.54) is 12.1 Å². The van der Waals surface area contributed by atoms with Gasteiger partial charge in [0.2, 0.25) is 0 Å². The minimum Gasteiger partial charge on any atom is -0.388 e. The van der Waals surface area contributed by atoms with Crippen molar-refractivity contribution in [2.75, 3.05) is 0 Å². The SMILES string of the molecule is Cc1ccc(F)cc1CC(O)c1cc(I)ccc1Br. The third-order valence-corrected chi connectivity index (χ3v) is 4.43. The van der Waals surface area contributed by atoms with E-state index in [4.69, 9.17) is 0 Å². The van der Waals surface area contributed by atoms with Crippen LogP contribution in [-0.2, 0) is 6.42 Å². The second-order valence-corrected chi connectivity index (χ2v) is 6.56. The molecule has 0 saturated carbocycles. The predicted molar refractivity (Wildman–Crippen MR) is 86.7 cm³/mol. The van der Waals surface area contributed by atoms with Crippen molar-refractivity contribution in [1.29, 1.82) is 0 Å². The zero-order valence-electron chi connectivity index (χ0n) is 10.3. The normalized spacial score (nSPS) is 12.5. The highest BCUT2D eigenvalue weighted by Crippen LogP contribution is 2.28. The van der Waals surface area contributed by atoms with E-state index in [1.807, 2.05) is 25.1 Å². The summed E-state index contributed by atoms with van der Waals surface area (Å²) in [6, 6.07) is 10.5. The van der Waals surface area contributed by atoms with Crippen LogP contribution in [0, 0.1) is 16.3 Å². The maximum absolute atomic E-state index is 13.3. The summed E-state index contributed by atoms with van der Waals surface area (Å²) in [5.41, 5.74) is 2.65. The molecule has 19 heavy (non-hydrogen) atoms. The standard InChI is InChI=1S/C15H13BrFIO/c1-9-2-3-11(17)6-10(9)7-15(19)13-8-12(18)4-5-14(13)16/h2-6,8,15,19H,7H2,1H3. The molecule has 2 aromatic carbocycles. The van der Waals surface area contributed by atoms with E-state index in [-0.39, 0.29) is 5.82 Å². The van der Waals surface area contributed by atoms with Gasteiger partial charge in [0.15, 0.2) is 0 Å². The third kappa shape index (κ3) is 3.77. The van der Waals surface area contributed by atoms with Gasteiger partial charge in [-0.3, -0.25) is 0 Å². The Morgan fingerprint density at radius 3 is 2.74 bits per heavy atom. The molecule has 1 nitrogen and oxygen atoms in total. The van der Waals surface area contributed by atoms with Crippen LogP contribution in [0.5, 0.6) is 0 Å². The van der Waals surface area contributed by atoms with Crippen molar-refractivity contribution in [3.05, 3.63) is 66.9 Å². The summed E-state index contributed by atoms with van der Waals surface area (Å²) in [7, 11) is 0. The molecule has 0 aliphatic heterocycles.